The number of hydrogen-bond donors (Lipinski definition) is 2. The number of carboxylic acids is 1. The van der Waals surface area contributed by atoms with Crippen molar-refractivity contribution in [2.24, 2.45) is 0 Å². The monoisotopic (exact) mass is 387 g/mol. The first-order valence-corrected chi connectivity index (χ1v) is 8.44. The molecule has 144 valence electrons. The highest BCUT2D eigenvalue weighted by atomic mass is 19.4. The Morgan fingerprint density at radius 2 is 1.57 bits per heavy atom. The first-order chi connectivity index (χ1) is 13.3. The third-order valence-corrected chi connectivity index (χ3v) is 4.38. The molecule has 0 spiro atoms. The molecule has 4 nitrogen and oxygen atoms in total. The van der Waals surface area contributed by atoms with Crippen LogP contribution in [-0.2, 0) is 17.4 Å². The Bertz CT molecular complexity index is 1030. The number of nitrogens with one attached hydrogen (secondary N) is 1. The molecule has 0 bridgehead atoms. The standard InChI is InChI=1S/C21H16F3NO3/c22-21(23,24)17-11-4-2-7-14(17)12-18(20(27)28)25-19(26)16-10-5-8-13-6-1-3-9-15(13)16/h1-11,18H,12H2,(H,25,26)(H,27,28)/t18-/m1/s1. The molecule has 1 amide bonds. The summed E-state index contributed by atoms with van der Waals surface area (Å²) in [6.07, 6.45) is -5.10. The van der Waals surface area contributed by atoms with Gasteiger partial charge in [-0.05, 0) is 28.5 Å². The Labute approximate surface area is 158 Å². The van der Waals surface area contributed by atoms with Gasteiger partial charge in [-0.3, -0.25) is 4.79 Å². The summed E-state index contributed by atoms with van der Waals surface area (Å²) in [7, 11) is 0. The average molecular weight is 387 g/mol. The maximum Gasteiger partial charge on any atom is 0.416 e. The largest absolute Gasteiger partial charge is 0.480 e. The zero-order valence-electron chi connectivity index (χ0n) is 14.5. The highest BCUT2D eigenvalue weighted by Gasteiger charge is 2.34. The summed E-state index contributed by atoms with van der Waals surface area (Å²) in [6.45, 7) is 0. The predicted octanol–water partition coefficient (Wildman–Crippen LogP) is 4.28. The molecule has 0 radical (unpaired) electrons. The molecule has 0 aliphatic rings. The molecular weight excluding hydrogens is 371 g/mol. The minimum atomic E-state index is -4.61. The van der Waals surface area contributed by atoms with Crippen LogP contribution in [0.25, 0.3) is 10.8 Å². The van der Waals surface area contributed by atoms with Gasteiger partial charge in [-0.1, -0.05) is 54.6 Å². The van der Waals surface area contributed by atoms with Gasteiger partial charge in [0.05, 0.1) is 5.56 Å². The number of carboxylic acid groups (broad SMARTS) is 1. The lowest BCUT2D eigenvalue weighted by molar-refractivity contribution is -0.141. The molecule has 1 atom stereocenters. The first kappa shape index (κ1) is 19.4. The van der Waals surface area contributed by atoms with E-state index >= 15 is 0 Å². The number of carbonyl (C=O) groups is 2. The van der Waals surface area contributed by atoms with Crippen LogP contribution in [0.5, 0.6) is 0 Å². The molecule has 0 saturated heterocycles. The second-order valence-corrected chi connectivity index (χ2v) is 6.25. The van der Waals surface area contributed by atoms with Crippen molar-refractivity contribution in [3.05, 3.63) is 83.4 Å². The van der Waals surface area contributed by atoms with Gasteiger partial charge in [-0.25, -0.2) is 4.79 Å². The van der Waals surface area contributed by atoms with E-state index < -0.39 is 36.1 Å². The minimum Gasteiger partial charge on any atom is -0.480 e. The number of rotatable bonds is 5. The zero-order valence-corrected chi connectivity index (χ0v) is 14.5. The summed E-state index contributed by atoms with van der Waals surface area (Å²) >= 11 is 0. The highest BCUT2D eigenvalue weighted by Crippen LogP contribution is 2.32. The van der Waals surface area contributed by atoms with Crippen LogP contribution in [-0.4, -0.2) is 23.0 Å². The SMILES string of the molecule is O=C(N[C@H](Cc1ccccc1C(F)(F)F)C(=O)O)c1cccc2ccccc12. The van der Waals surface area contributed by atoms with E-state index in [2.05, 4.69) is 5.32 Å². The quantitative estimate of drug-likeness (QED) is 0.687. The molecular formula is C21H16F3NO3. The van der Waals surface area contributed by atoms with Crippen molar-refractivity contribution in [2.75, 3.05) is 0 Å². The normalized spacial score (nSPS) is 12.5. The number of amides is 1. The van der Waals surface area contributed by atoms with Crippen LogP contribution in [0.15, 0.2) is 66.7 Å². The van der Waals surface area contributed by atoms with Gasteiger partial charge < -0.3 is 10.4 Å². The summed E-state index contributed by atoms with van der Waals surface area (Å²) in [5, 5.41) is 13.2. The first-order valence-electron chi connectivity index (χ1n) is 8.44. The molecule has 0 heterocycles. The molecule has 2 N–H and O–H groups in total. The van der Waals surface area contributed by atoms with E-state index in [1.807, 2.05) is 0 Å². The Hall–Kier alpha value is -3.35. The van der Waals surface area contributed by atoms with Crippen molar-refractivity contribution < 1.29 is 27.9 Å². The summed E-state index contributed by atoms with van der Waals surface area (Å²) in [4.78, 5) is 24.2. The second-order valence-electron chi connectivity index (χ2n) is 6.25. The summed E-state index contributed by atoms with van der Waals surface area (Å²) in [6, 6.07) is 15.3. The fraction of sp³-hybridized carbons (Fsp3) is 0.143. The Morgan fingerprint density at radius 1 is 0.929 bits per heavy atom. The molecule has 0 fully saturated rings. The summed E-state index contributed by atoms with van der Waals surface area (Å²) < 4.78 is 39.5. The van der Waals surface area contributed by atoms with Crippen LogP contribution in [0.3, 0.4) is 0 Å². The topological polar surface area (TPSA) is 66.4 Å². The van der Waals surface area contributed by atoms with Gasteiger partial charge >= 0.3 is 12.1 Å². The molecule has 0 unspecified atom stereocenters. The molecule has 3 rings (SSSR count). The van der Waals surface area contributed by atoms with Crippen LogP contribution in [0.2, 0.25) is 0 Å². The van der Waals surface area contributed by atoms with E-state index in [-0.39, 0.29) is 11.1 Å². The van der Waals surface area contributed by atoms with E-state index in [4.69, 9.17) is 0 Å². The molecule has 3 aromatic rings. The maximum atomic E-state index is 13.2. The van der Waals surface area contributed by atoms with Crippen molar-refractivity contribution in [2.45, 2.75) is 18.6 Å². The van der Waals surface area contributed by atoms with Crippen molar-refractivity contribution >= 4 is 22.6 Å². The number of halogens is 3. The lowest BCUT2D eigenvalue weighted by Gasteiger charge is -2.18. The number of fused-ring (bicyclic) bond motifs is 1. The second kappa shape index (κ2) is 7.72. The maximum absolute atomic E-state index is 13.2. The fourth-order valence-corrected chi connectivity index (χ4v) is 3.05. The number of benzene rings is 3. The van der Waals surface area contributed by atoms with Crippen molar-refractivity contribution in [3.63, 3.8) is 0 Å². The summed E-state index contributed by atoms with van der Waals surface area (Å²) in [5.41, 5.74) is -0.852. The summed E-state index contributed by atoms with van der Waals surface area (Å²) in [5.74, 6) is -2.07. The van der Waals surface area contributed by atoms with E-state index in [0.717, 1.165) is 11.5 Å². The van der Waals surface area contributed by atoms with Crippen molar-refractivity contribution in [1.29, 1.82) is 0 Å². The number of carbonyl (C=O) groups excluding carboxylic acids is 1. The van der Waals surface area contributed by atoms with Crippen molar-refractivity contribution in [3.8, 4) is 0 Å². The molecule has 0 aliphatic heterocycles. The minimum absolute atomic E-state index is 0.194. The average Bonchev–Trinajstić information content (AvgIpc) is 2.66. The zero-order chi connectivity index (χ0) is 20.3. The molecule has 0 aromatic heterocycles. The highest BCUT2D eigenvalue weighted by molar-refractivity contribution is 6.07. The molecule has 0 aliphatic carbocycles. The van der Waals surface area contributed by atoms with Gasteiger partial charge in [0.25, 0.3) is 5.91 Å². The van der Waals surface area contributed by atoms with Crippen molar-refractivity contribution in [1.82, 2.24) is 5.32 Å². The Balaban J connectivity index is 1.89. The van der Waals surface area contributed by atoms with Gasteiger partial charge in [0.2, 0.25) is 0 Å². The number of aliphatic carboxylic acids is 1. The van der Waals surface area contributed by atoms with E-state index in [1.54, 1.807) is 42.5 Å². The lowest BCUT2D eigenvalue weighted by atomic mass is 9.99. The third-order valence-electron chi connectivity index (χ3n) is 4.38. The smallest absolute Gasteiger partial charge is 0.416 e. The lowest BCUT2D eigenvalue weighted by Crippen LogP contribution is -2.42. The molecule has 3 aromatic carbocycles. The number of alkyl halides is 3. The number of hydrogen-bond acceptors (Lipinski definition) is 2. The Morgan fingerprint density at radius 3 is 2.29 bits per heavy atom. The molecule has 7 heteroatoms. The predicted molar refractivity (Wildman–Crippen MR) is 98.0 cm³/mol. The van der Waals surface area contributed by atoms with Gasteiger partial charge in [0.15, 0.2) is 0 Å². The van der Waals surface area contributed by atoms with E-state index in [0.29, 0.717) is 5.39 Å². The van der Waals surface area contributed by atoms with Gasteiger partial charge in [-0.2, -0.15) is 13.2 Å². The van der Waals surface area contributed by atoms with E-state index in [1.165, 1.54) is 18.2 Å². The van der Waals surface area contributed by atoms with Crippen LogP contribution in [0, 0.1) is 0 Å². The molecule has 28 heavy (non-hydrogen) atoms. The van der Waals surface area contributed by atoms with Crippen LogP contribution < -0.4 is 5.32 Å². The van der Waals surface area contributed by atoms with Gasteiger partial charge in [0, 0.05) is 12.0 Å². The van der Waals surface area contributed by atoms with Crippen LogP contribution >= 0.6 is 0 Å². The van der Waals surface area contributed by atoms with E-state index in [9.17, 15) is 27.9 Å². The molecule has 0 saturated carbocycles. The van der Waals surface area contributed by atoms with Crippen LogP contribution in [0.4, 0.5) is 13.2 Å². The Kier molecular flexibility index (Phi) is 5.35. The van der Waals surface area contributed by atoms with Crippen LogP contribution in [0.1, 0.15) is 21.5 Å². The third kappa shape index (κ3) is 4.14. The van der Waals surface area contributed by atoms with Gasteiger partial charge in [-0.15, -0.1) is 0 Å². The van der Waals surface area contributed by atoms with Gasteiger partial charge in [0.1, 0.15) is 6.04 Å². The fourth-order valence-electron chi connectivity index (χ4n) is 3.05.